The minimum Gasteiger partial charge on any atom is -0.381 e. The molecule has 0 aliphatic carbocycles. The first-order chi connectivity index (χ1) is 10.3. The molecule has 0 saturated carbocycles. The molecule has 5 nitrogen and oxygen atoms in total. The Kier molecular flexibility index (Phi) is 5.65. The normalized spacial score (nSPS) is 17.3. The average Bonchev–Trinajstić information content (AvgIpc) is 2.44. The number of carbonyl (C=O) groups is 1. The zero-order valence-electron chi connectivity index (χ0n) is 13.7. The highest BCUT2D eigenvalue weighted by atomic mass is 127. The van der Waals surface area contributed by atoms with Gasteiger partial charge in [0.15, 0.2) is 0 Å². The summed E-state index contributed by atoms with van der Waals surface area (Å²) in [6.45, 7) is 7.92. The van der Waals surface area contributed by atoms with Crippen molar-refractivity contribution < 1.29 is 4.79 Å². The third kappa shape index (κ3) is 4.81. The topological polar surface area (TPSA) is 57.3 Å². The first-order valence-electron chi connectivity index (χ1n) is 7.68. The van der Waals surface area contributed by atoms with Crippen LogP contribution in [0.4, 0.5) is 11.5 Å². The minimum atomic E-state index is -0.424. The molecule has 1 fully saturated rings. The van der Waals surface area contributed by atoms with Gasteiger partial charge in [0.25, 0.3) is 0 Å². The monoisotopic (exact) mass is 416 g/mol. The number of halogens is 1. The summed E-state index contributed by atoms with van der Waals surface area (Å²) < 4.78 is 1.07. The van der Waals surface area contributed by atoms with Crippen molar-refractivity contribution in [2.75, 3.05) is 30.8 Å². The Labute approximate surface area is 146 Å². The van der Waals surface area contributed by atoms with Crippen LogP contribution in [0.1, 0.15) is 33.6 Å². The van der Waals surface area contributed by atoms with E-state index < -0.39 is 5.41 Å². The Bertz CT molecular complexity index is 533. The van der Waals surface area contributed by atoms with Crippen molar-refractivity contribution in [3.05, 3.63) is 15.8 Å². The van der Waals surface area contributed by atoms with Crippen molar-refractivity contribution in [3.8, 4) is 0 Å². The third-order valence-corrected chi connectivity index (χ3v) is 4.72. The molecule has 2 heterocycles. The number of likely N-dealkylation sites (tertiary alicyclic amines) is 1. The van der Waals surface area contributed by atoms with Crippen molar-refractivity contribution in [2.24, 2.45) is 5.41 Å². The number of anilines is 2. The molecule has 1 aromatic rings. The summed E-state index contributed by atoms with van der Waals surface area (Å²) in [5, 5.41) is 6.49. The minimum absolute atomic E-state index is 0.0218. The number of hydrogen-bond donors (Lipinski definition) is 2. The third-order valence-electron chi connectivity index (χ3n) is 3.86. The number of aromatic nitrogens is 1. The van der Waals surface area contributed by atoms with Crippen LogP contribution in [-0.2, 0) is 4.79 Å². The molecule has 1 aromatic heterocycles. The average molecular weight is 416 g/mol. The van der Waals surface area contributed by atoms with Gasteiger partial charge in [-0.2, -0.15) is 0 Å². The highest BCUT2D eigenvalue weighted by Crippen LogP contribution is 2.24. The van der Waals surface area contributed by atoms with Crippen molar-refractivity contribution in [1.29, 1.82) is 0 Å². The Morgan fingerprint density at radius 2 is 2.00 bits per heavy atom. The van der Waals surface area contributed by atoms with E-state index in [0.29, 0.717) is 11.9 Å². The van der Waals surface area contributed by atoms with E-state index in [1.165, 1.54) is 0 Å². The van der Waals surface area contributed by atoms with Crippen LogP contribution in [0, 0.1) is 8.99 Å². The molecule has 0 atom stereocenters. The highest BCUT2D eigenvalue weighted by molar-refractivity contribution is 14.1. The molecule has 2 rings (SSSR count). The number of piperidine rings is 1. The molecule has 6 heteroatoms. The lowest BCUT2D eigenvalue weighted by atomic mass is 9.96. The number of hydrogen-bond acceptors (Lipinski definition) is 4. The van der Waals surface area contributed by atoms with Gasteiger partial charge >= 0.3 is 0 Å². The van der Waals surface area contributed by atoms with Gasteiger partial charge in [0.1, 0.15) is 5.82 Å². The molecule has 0 bridgehead atoms. The van der Waals surface area contributed by atoms with Gasteiger partial charge in [-0.1, -0.05) is 20.8 Å². The second kappa shape index (κ2) is 7.12. The Hall–Kier alpha value is -0.890. The SMILES string of the molecule is CN1CCC(Nc2cc(NC(=O)C(C)(C)C)ncc2I)CC1. The Morgan fingerprint density at radius 1 is 1.36 bits per heavy atom. The molecular formula is C16H25IN4O. The second-order valence-electron chi connectivity index (χ2n) is 6.98. The van der Waals surface area contributed by atoms with Crippen LogP contribution in [0.2, 0.25) is 0 Å². The molecule has 122 valence electrons. The van der Waals surface area contributed by atoms with E-state index in [1.54, 1.807) is 6.20 Å². The second-order valence-corrected chi connectivity index (χ2v) is 8.14. The fourth-order valence-corrected chi connectivity index (χ4v) is 2.74. The molecule has 1 amide bonds. The van der Waals surface area contributed by atoms with Crippen LogP contribution in [0.5, 0.6) is 0 Å². The van der Waals surface area contributed by atoms with Crippen LogP contribution in [0.3, 0.4) is 0 Å². The van der Waals surface area contributed by atoms with Gasteiger partial charge in [-0.25, -0.2) is 4.98 Å². The van der Waals surface area contributed by atoms with E-state index in [9.17, 15) is 4.79 Å². The van der Waals surface area contributed by atoms with Crippen LogP contribution in [0.15, 0.2) is 12.3 Å². The zero-order valence-corrected chi connectivity index (χ0v) is 15.9. The summed E-state index contributed by atoms with van der Waals surface area (Å²) >= 11 is 2.28. The van der Waals surface area contributed by atoms with Gasteiger partial charge in [0.2, 0.25) is 5.91 Å². The number of rotatable bonds is 3. The van der Waals surface area contributed by atoms with Gasteiger partial charge in [-0.15, -0.1) is 0 Å². The van der Waals surface area contributed by atoms with Gasteiger partial charge < -0.3 is 15.5 Å². The molecule has 0 radical (unpaired) electrons. The number of nitrogens with one attached hydrogen (secondary N) is 2. The zero-order chi connectivity index (χ0) is 16.3. The van der Waals surface area contributed by atoms with E-state index in [2.05, 4.69) is 50.2 Å². The van der Waals surface area contributed by atoms with Crippen molar-refractivity contribution in [3.63, 3.8) is 0 Å². The van der Waals surface area contributed by atoms with Gasteiger partial charge in [0.05, 0.1) is 9.26 Å². The van der Waals surface area contributed by atoms with E-state index in [0.717, 1.165) is 35.2 Å². The maximum Gasteiger partial charge on any atom is 0.230 e. The molecule has 2 N–H and O–H groups in total. The van der Waals surface area contributed by atoms with E-state index >= 15 is 0 Å². The van der Waals surface area contributed by atoms with Crippen LogP contribution >= 0.6 is 22.6 Å². The van der Waals surface area contributed by atoms with Crippen LogP contribution < -0.4 is 10.6 Å². The molecule has 22 heavy (non-hydrogen) atoms. The number of amides is 1. The maximum atomic E-state index is 12.1. The fraction of sp³-hybridized carbons (Fsp3) is 0.625. The molecule has 1 aliphatic rings. The van der Waals surface area contributed by atoms with Gasteiger partial charge in [0, 0.05) is 23.7 Å². The molecular weight excluding hydrogens is 391 g/mol. The Morgan fingerprint density at radius 3 is 2.59 bits per heavy atom. The summed E-state index contributed by atoms with van der Waals surface area (Å²) in [4.78, 5) is 18.7. The lowest BCUT2D eigenvalue weighted by Gasteiger charge is -2.30. The van der Waals surface area contributed by atoms with E-state index in [4.69, 9.17) is 0 Å². The molecule has 1 aliphatic heterocycles. The number of nitrogens with zero attached hydrogens (tertiary/aromatic N) is 2. The van der Waals surface area contributed by atoms with Crippen molar-refractivity contribution in [1.82, 2.24) is 9.88 Å². The van der Waals surface area contributed by atoms with Crippen molar-refractivity contribution >= 4 is 40.0 Å². The number of carbonyl (C=O) groups excluding carboxylic acids is 1. The number of pyridine rings is 1. The lowest BCUT2D eigenvalue weighted by molar-refractivity contribution is -0.123. The van der Waals surface area contributed by atoms with E-state index in [-0.39, 0.29) is 5.91 Å². The Balaban J connectivity index is 2.05. The largest absolute Gasteiger partial charge is 0.381 e. The maximum absolute atomic E-state index is 12.1. The summed E-state index contributed by atoms with van der Waals surface area (Å²) in [6, 6.07) is 2.42. The highest BCUT2D eigenvalue weighted by Gasteiger charge is 2.22. The quantitative estimate of drug-likeness (QED) is 0.744. The molecule has 0 spiro atoms. The van der Waals surface area contributed by atoms with Gasteiger partial charge in [-0.3, -0.25) is 4.79 Å². The molecule has 0 aromatic carbocycles. The summed E-state index contributed by atoms with van der Waals surface area (Å²) in [5.74, 6) is 0.585. The standard InChI is InChI=1S/C16H25IN4O/c1-16(2,3)15(22)20-14-9-13(12(17)10-18-14)19-11-5-7-21(4)8-6-11/h9-11H,5-8H2,1-4H3,(H2,18,19,20,22). The summed E-state index contributed by atoms with van der Waals surface area (Å²) in [6.07, 6.45) is 4.08. The van der Waals surface area contributed by atoms with E-state index in [1.807, 2.05) is 26.8 Å². The first-order valence-corrected chi connectivity index (χ1v) is 8.75. The van der Waals surface area contributed by atoms with Gasteiger partial charge in [-0.05, 0) is 55.6 Å². The lowest BCUT2D eigenvalue weighted by Crippen LogP contribution is -2.36. The predicted octanol–water partition coefficient (Wildman–Crippen LogP) is 3.18. The van der Waals surface area contributed by atoms with Crippen molar-refractivity contribution in [2.45, 2.75) is 39.7 Å². The van der Waals surface area contributed by atoms with Crippen LogP contribution in [0.25, 0.3) is 0 Å². The predicted molar refractivity (Wildman–Crippen MR) is 99.2 cm³/mol. The summed E-state index contributed by atoms with van der Waals surface area (Å²) in [7, 11) is 2.16. The molecule has 0 unspecified atom stereocenters. The summed E-state index contributed by atoms with van der Waals surface area (Å²) in [5.41, 5.74) is 0.626. The smallest absolute Gasteiger partial charge is 0.230 e. The molecule has 1 saturated heterocycles. The fourth-order valence-electron chi connectivity index (χ4n) is 2.29. The first kappa shape index (κ1) is 17.5. The van der Waals surface area contributed by atoms with Crippen LogP contribution in [-0.4, -0.2) is 42.0 Å².